The van der Waals surface area contributed by atoms with Crippen LogP contribution < -0.4 is 10.6 Å². The maximum atomic E-state index is 12.0. The summed E-state index contributed by atoms with van der Waals surface area (Å²) in [7, 11) is 0. The SMILES string of the molecule is Cc1ccc(-c2csc(NC(=O)CCNC(=O)c3ccccc3)n2)cc1. The lowest BCUT2D eigenvalue weighted by molar-refractivity contribution is -0.116. The normalized spacial score (nSPS) is 10.3. The van der Waals surface area contributed by atoms with Crippen molar-refractivity contribution < 1.29 is 9.59 Å². The molecule has 3 rings (SSSR count). The van der Waals surface area contributed by atoms with Crippen LogP contribution in [-0.4, -0.2) is 23.3 Å². The molecule has 0 bridgehead atoms. The van der Waals surface area contributed by atoms with Crippen LogP contribution in [0.25, 0.3) is 11.3 Å². The van der Waals surface area contributed by atoms with Crippen LogP contribution in [0.4, 0.5) is 5.13 Å². The summed E-state index contributed by atoms with van der Waals surface area (Å²) < 4.78 is 0. The summed E-state index contributed by atoms with van der Waals surface area (Å²) >= 11 is 1.38. The minimum absolute atomic E-state index is 0.178. The summed E-state index contributed by atoms with van der Waals surface area (Å²) in [6, 6.07) is 17.0. The van der Waals surface area contributed by atoms with Crippen molar-refractivity contribution in [2.45, 2.75) is 13.3 Å². The first-order chi connectivity index (χ1) is 12.6. The lowest BCUT2D eigenvalue weighted by Gasteiger charge is -2.05. The largest absolute Gasteiger partial charge is 0.352 e. The van der Waals surface area contributed by atoms with Gasteiger partial charge in [0.1, 0.15) is 0 Å². The highest BCUT2D eigenvalue weighted by molar-refractivity contribution is 7.14. The van der Waals surface area contributed by atoms with Crippen LogP contribution in [0, 0.1) is 6.92 Å². The molecule has 2 amide bonds. The summed E-state index contributed by atoms with van der Waals surface area (Å²) in [4.78, 5) is 28.4. The van der Waals surface area contributed by atoms with Crippen molar-refractivity contribution in [3.8, 4) is 11.3 Å². The molecule has 0 atom stereocenters. The van der Waals surface area contributed by atoms with E-state index in [9.17, 15) is 9.59 Å². The number of aromatic nitrogens is 1. The molecular formula is C20H19N3O2S. The highest BCUT2D eigenvalue weighted by atomic mass is 32.1. The molecule has 5 nitrogen and oxygen atoms in total. The van der Waals surface area contributed by atoms with Gasteiger partial charge in [-0.05, 0) is 19.1 Å². The third kappa shape index (κ3) is 4.77. The third-order valence-corrected chi connectivity index (χ3v) is 4.53. The summed E-state index contributed by atoms with van der Waals surface area (Å²) in [5.41, 5.74) is 3.62. The Kier molecular flexibility index (Phi) is 5.76. The number of hydrogen-bond donors (Lipinski definition) is 2. The number of rotatable bonds is 6. The minimum atomic E-state index is -0.186. The zero-order valence-corrected chi connectivity index (χ0v) is 15.2. The number of carbonyl (C=O) groups is 2. The second-order valence-corrected chi connectivity index (χ2v) is 6.68. The maximum Gasteiger partial charge on any atom is 0.251 e. The number of nitrogens with one attached hydrogen (secondary N) is 2. The number of anilines is 1. The Morgan fingerprint density at radius 1 is 1.04 bits per heavy atom. The predicted octanol–water partition coefficient (Wildman–Crippen LogP) is 3.88. The summed E-state index contributed by atoms with van der Waals surface area (Å²) in [6.45, 7) is 2.31. The monoisotopic (exact) mass is 365 g/mol. The topological polar surface area (TPSA) is 71.1 Å². The summed E-state index contributed by atoms with van der Waals surface area (Å²) in [5.74, 6) is -0.363. The third-order valence-electron chi connectivity index (χ3n) is 3.77. The highest BCUT2D eigenvalue weighted by Gasteiger charge is 2.09. The Bertz CT molecular complexity index is 889. The molecule has 0 aliphatic rings. The molecule has 6 heteroatoms. The van der Waals surface area contributed by atoms with Crippen LogP contribution in [-0.2, 0) is 4.79 Å². The number of nitrogens with zero attached hydrogens (tertiary/aromatic N) is 1. The van der Waals surface area contributed by atoms with E-state index in [4.69, 9.17) is 0 Å². The van der Waals surface area contributed by atoms with Gasteiger partial charge in [-0.25, -0.2) is 4.98 Å². The molecule has 132 valence electrons. The predicted molar refractivity (Wildman–Crippen MR) is 104 cm³/mol. The molecule has 0 saturated carbocycles. The number of amides is 2. The van der Waals surface area contributed by atoms with E-state index in [1.54, 1.807) is 24.3 Å². The number of thiazole rings is 1. The Balaban J connectivity index is 1.48. The van der Waals surface area contributed by atoms with Gasteiger partial charge in [-0.2, -0.15) is 0 Å². The van der Waals surface area contributed by atoms with E-state index in [-0.39, 0.29) is 24.8 Å². The first-order valence-corrected chi connectivity index (χ1v) is 9.15. The average molecular weight is 365 g/mol. The van der Waals surface area contributed by atoms with Crippen LogP contribution in [0.1, 0.15) is 22.3 Å². The zero-order valence-electron chi connectivity index (χ0n) is 14.4. The van der Waals surface area contributed by atoms with Crippen molar-refractivity contribution in [3.63, 3.8) is 0 Å². The molecule has 0 saturated heterocycles. The van der Waals surface area contributed by atoms with Crippen molar-refractivity contribution in [2.24, 2.45) is 0 Å². The number of carbonyl (C=O) groups excluding carboxylic acids is 2. The molecule has 2 N–H and O–H groups in total. The second kappa shape index (κ2) is 8.40. The van der Waals surface area contributed by atoms with Gasteiger partial charge in [-0.3, -0.25) is 9.59 Å². The van der Waals surface area contributed by atoms with Crippen LogP contribution >= 0.6 is 11.3 Å². The molecule has 3 aromatic rings. The van der Waals surface area contributed by atoms with Gasteiger partial charge in [0.25, 0.3) is 5.91 Å². The number of benzene rings is 2. The van der Waals surface area contributed by atoms with E-state index in [0.29, 0.717) is 10.7 Å². The molecule has 0 aliphatic carbocycles. The van der Waals surface area contributed by atoms with Crippen molar-refractivity contribution in [2.75, 3.05) is 11.9 Å². The fraction of sp³-hybridized carbons (Fsp3) is 0.150. The van der Waals surface area contributed by atoms with E-state index >= 15 is 0 Å². The van der Waals surface area contributed by atoms with Gasteiger partial charge < -0.3 is 10.6 Å². The highest BCUT2D eigenvalue weighted by Crippen LogP contribution is 2.25. The lowest BCUT2D eigenvalue weighted by atomic mass is 10.1. The van der Waals surface area contributed by atoms with Crippen LogP contribution in [0.3, 0.4) is 0 Å². The Morgan fingerprint density at radius 2 is 1.77 bits per heavy atom. The van der Waals surface area contributed by atoms with Gasteiger partial charge in [-0.1, -0.05) is 48.0 Å². The lowest BCUT2D eigenvalue weighted by Crippen LogP contribution is -2.27. The van der Waals surface area contributed by atoms with Crippen LogP contribution in [0.2, 0.25) is 0 Å². The quantitative estimate of drug-likeness (QED) is 0.696. The smallest absolute Gasteiger partial charge is 0.251 e. The van der Waals surface area contributed by atoms with Crippen molar-refractivity contribution in [1.82, 2.24) is 10.3 Å². The van der Waals surface area contributed by atoms with E-state index in [0.717, 1.165) is 11.3 Å². The minimum Gasteiger partial charge on any atom is -0.352 e. The van der Waals surface area contributed by atoms with Gasteiger partial charge in [0.15, 0.2) is 5.13 Å². The first kappa shape index (κ1) is 17.8. The molecule has 0 radical (unpaired) electrons. The van der Waals surface area contributed by atoms with E-state index in [1.807, 2.05) is 42.6 Å². The Morgan fingerprint density at radius 3 is 2.50 bits per heavy atom. The number of hydrogen-bond acceptors (Lipinski definition) is 4. The molecule has 26 heavy (non-hydrogen) atoms. The van der Waals surface area contributed by atoms with Crippen molar-refractivity contribution >= 4 is 28.3 Å². The summed E-state index contributed by atoms with van der Waals surface area (Å²) in [6.07, 6.45) is 0.192. The van der Waals surface area contributed by atoms with Gasteiger partial charge in [-0.15, -0.1) is 11.3 Å². The molecule has 1 aromatic heterocycles. The van der Waals surface area contributed by atoms with Crippen LogP contribution in [0.15, 0.2) is 60.0 Å². The van der Waals surface area contributed by atoms with Gasteiger partial charge in [0, 0.05) is 29.5 Å². The molecule has 0 spiro atoms. The Labute approximate surface area is 156 Å². The fourth-order valence-corrected chi connectivity index (χ4v) is 3.09. The maximum absolute atomic E-state index is 12.0. The fourth-order valence-electron chi connectivity index (χ4n) is 2.35. The van der Waals surface area contributed by atoms with E-state index < -0.39 is 0 Å². The average Bonchev–Trinajstić information content (AvgIpc) is 3.11. The van der Waals surface area contributed by atoms with Crippen molar-refractivity contribution in [1.29, 1.82) is 0 Å². The molecule has 1 heterocycles. The zero-order chi connectivity index (χ0) is 18.4. The Hall–Kier alpha value is -2.99. The standard InChI is InChI=1S/C20H19N3O2S/c1-14-7-9-15(10-8-14)17-13-26-20(22-17)23-18(24)11-12-21-19(25)16-5-3-2-4-6-16/h2-10,13H,11-12H2,1H3,(H,21,25)(H,22,23,24). The van der Waals surface area contributed by atoms with Gasteiger partial charge >= 0.3 is 0 Å². The van der Waals surface area contributed by atoms with Crippen LogP contribution in [0.5, 0.6) is 0 Å². The number of aryl methyl sites for hydroxylation is 1. The molecular weight excluding hydrogens is 346 g/mol. The van der Waals surface area contributed by atoms with E-state index in [2.05, 4.69) is 15.6 Å². The molecule has 0 aliphatic heterocycles. The summed E-state index contributed by atoms with van der Waals surface area (Å²) in [5, 5.41) is 7.98. The van der Waals surface area contributed by atoms with Gasteiger partial charge in [0.05, 0.1) is 5.69 Å². The molecule has 2 aromatic carbocycles. The molecule has 0 fully saturated rings. The van der Waals surface area contributed by atoms with Gasteiger partial charge in [0.2, 0.25) is 5.91 Å². The first-order valence-electron chi connectivity index (χ1n) is 8.27. The van der Waals surface area contributed by atoms with E-state index in [1.165, 1.54) is 16.9 Å². The van der Waals surface area contributed by atoms with Crippen molar-refractivity contribution in [3.05, 3.63) is 71.1 Å². The molecule has 0 unspecified atom stereocenters. The second-order valence-electron chi connectivity index (χ2n) is 5.82.